The molecule has 0 N–H and O–H groups in total. The van der Waals surface area contributed by atoms with Gasteiger partial charge in [-0.25, -0.2) is 0 Å². The molecule has 2 heteroatoms. The first-order valence-electron chi connectivity index (χ1n) is 2.82. The van der Waals surface area contributed by atoms with Crippen LogP contribution in [0.3, 0.4) is 0 Å². The summed E-state index contributed by atoms with van der Waals surface area (Å²) in [4.78, 5) is 3.93. The van der Waals surface area contributed by atoms with Gasteiger partial charge < -0.3 is 0 Å². The Labute approximate surface area is 68.6 Å². The minimum Gasteiger partial charge on any atom is -0.262 e. The van der Waals surface area contributed by atoms with Crippen molar-refractivity contribution in [2.45, 2.75) is 6.92 Å². The van der Waals surface area contributed by atoms with Crippen LogP contribution in [0.15, 0.2) is 16.9 Å². The van der Waals surface area contributed by atoms with E-state index >= 15 is 0 Å². The van der Waals surface area contributed by atoms with E-state index in [2.05, 4.69) is 26.8 Å². The zero-order valence-electron chi connectivity index (χ0n) is 5.56. The lowest BCUT2D eigenvalue weighted by Gasteiger charge is -1.97. The molecule has 0 aromatic carbocycles. The standard InChI is InChI=1S/C8H6BrN/c1-3-7-4-10-5-8(9)6(7)2/h1,4-5H,2H3. The monoisotopic (exact) mass is 195 g/mol. The Hall–Kier alpha value is -0.810. The van der Waals surface area contributed by atoms with E-state index in [1.165, 1.54) is 0 Å². The molecule has 0 aliphatic heterocycles. The molecule has 0 unspecified atom stereocenters. The van der Waals surface area contributed by atoms with Crippen LogP contribution >= 0.6 is 15.9 Å². The lowest BCUT2D eigenvalue weighted by atomic mass is 10.2. The van der Waals surface area contributed by atoms with Crippen molar-refractivity contribution < 1.29 is 0 Å². The second kappa shape index (κ2) is 2.85. The van der Waals surface area contributed by atoms with Crippen molar-refractivity contribution >= 4 is 15.9 Å². The fourth-order valence-corrected chi connectivity index (χ4v) is 0.977. The van der Waals surface area contributed by atoms with Gasteiger partial charge in [-0.1, -0.05) is 5.92 Å². The molecule has 1 heterocycles. The van der Waals surface area contributed by atoms with Gasteiger partial charge >= 0.3 is 0 Å². The summed E-state index contributed by atoms with van der Waals surface area (Å²) in [5.74, 6) is 2.54. The Morgan fingerprint density at radius 2 is 2.30 bits per heavy atom. The highest BCUT2D eigenvalue weighted by Crippen LogP contribution is 2.16. The highest BCUT2D eigenvalue weighted by molar-refractivity contribution is 9.10. The van der Waals surface area contributed by atoms with E-state index in [0.29, 0.717) is 0 Å². The van der Waals surface area contributed by atoms with E-state index in [-0.39, 0.29) is 0 Å². The second-order valence-corrected chi connectivity index (χ2v) is 2.79. The van der Waals surface area contributed by atoms with Crippen molar-refractivity contribution in [2.75, 3.05) is 0 Å². The third-order valence-electron chi connectivity index (χ3n) is 1.31. The summed E-state index contributed by atoms with van der Waals surface area (Å²) in [6.45, 7) is 1.96. The van der Waals surface area contributed by atoms with E-state index < -0.39 is 0 Å². The summed E-state index contributed by atoms with van der Waals surface area (Å²) < 4.78 is 0.961. The van der Waals surface area contributed by atoms with Crippen LogP contribution in [0.25, 0.3) is 0 Å². The molecule has 0 amide bonds. The number of nitrogens with zero attached hydrogens (tertiary/aromatic N) is 1. The molecule has 1 aromatic rings. The summed E-state index contributed by atoms with van der Waals surface area (Å²) >= 11 is 3.33. The van der Waals surface area contributed by atoms with Crippen LogP contribution in [0, 0.1) is 19.3 Å². The fourth-order valence-electron chi connectivity index (χ4n) is 0.645. The molecule has 0 radical (unpaired) electrons. The third kappa shape index (κ3) is 1.19. The Balaban J connectivity index is 3.31. The van der Waals surface area contributed by atoms with Crippen LogP contribution in [0.1, 0.15) is 11.1 Å². The molecule has 0 saturated carbocycles. The Kier molecular flexibility index (Phi) is 2.08. The number of aromatic nitrogens is 1. The van der Waals surface area contributed by atoms with Crippen molar-refractivity contribution in [1.29, 1.82) is 0 Å². The van der Waals surface area contributed by atoms with Crippen LogP contribution in [0.4, 0.5) is 0 Å². The number of hydrogen-bond acceptors (Lipinski definition) is 1. The normalized spacial score (nSPS) is 8.90. The minimum absolute atomic E-state index is 0.842. The maximum absolute atomic E-state index is 5.21. The topological polar surface area (TPSA) is 12.9 Å². The van der Waals surface area contributed by atoms with Crippen molar-refractivity contribution in [2.24, 2.45) is 0 Å². The van der Waals surface area contributed by atoms with Crippen LogP contribution in [0.5, 0.6) is 0 Å². The number of halogens is 1. The van der Waals surface area contributed by atoms with Gasteiger partial charge in [-0.3, -0.25) is 4.98 Å². The van der Waals surface area contributed by atoms with E-state index in [0.717, 1.165) is 15.6 Å². The number of terminal acetylenes is 1. The summed E-state index contributed by atoms with van der Waals surface area (Å²) in [5, 5.41) is 0. The van der Waals surface area contributed by atoms with Gasteiger partial charge in [0.25, 0.3) is 0 Å². The van der Waals surface area contributed by atoms with Crippen LogP contribution in [0.2, 0.25) is 0 Å². The van der Waals surface area contributed by atoms with Gasteiger partial charge in [0.2, 0.25) is 0 Å². The average molecular weight is 196 g/mol. The molecular formula is C8H6BrN. The average Bonchev–Trinajstić information content (AvgIpc) is 1.95. The van der Waals surface area contributed by atoms with E-state index in [1.807, 2.05) is 6.92 Å². The Bertz CT molecular complexity index is 286. The largest absolute Gasteiger partial charge is 0.262 e. The molecule has 0 aliphatic rings. The minimum atomic E-state index is 0.842. The van der Waals surface area contributed by atoms with E-state index in [9.17, 15) is 0 Å². The first kappa shape index (κ1) is 7.30. The maximum Gasteiger partial charge on any atom is 0.0466 e. The highest BCUT2D eigenvalue weighted by atomic mass is 79.9. The molecule has 1 nitrogen and oxygen atoms in total. The number of hydrogen-bond donors (Lipinski definition) is 0. The first-order valence-corrected chi connectivity index (χ1v) is 3.61. The molecule has 1 rings (SSSR count). The fraction of sp³-hybridized carbons (Fsp3) is 0.125. The van der Waals surface area contributed by atoms with Crippen LogP contribution < -0.4 is 0 Å². The Morgan fingerprint density at radius 1 is 1.60 bits per heavy atom. The second-order valence-electron chi connectivity index (χ2n) is 1.94. The molecule has 0 bridgehead atoms. The Morgan fingerprint density at radius 3 is 2.80 bits per heavy atom. The summed E-state index contributed by atoms with van der Waals surface area (Å²) in [6.07, 6.45) is 8.62. The zero-order valence-corrected chi connectivity index (χ0v) is 7.14. The predicted octanol–water partition coefficient (Wildman–Crippen LogP) is 2.13. The molecule has 0 saturated heterocycles. The van der Waals surface area contributed by atoms with Crippen molar-refractivity contribution in [3.8, 4) is 12.3 Å². The van der Waals surface area contributed by atoms with Crippen LogP contribution in [-0.2, 0) is 0 Å². The first-order chi connectivity index (χ1) is 4.75. The van der Waals surface area contributed by atoms with Gasteiger partial charge in [0, 0.05) is 22.4 Å². The smallest absolute Gasteiger partial charge is 0.0466 e. The summed E-state index contributed by atoms with van der Waals surface area (Å²) in [6, 6.07) is 0. The van der Waals surface area contributed by atoms with Gasteiger partial charge in [0.1, 0.15) is 0 Å². The quantitative estimate of drug-likeness (QED) is 0.579. The molecule has 0 atom stereocenters. The third-order valence-corrected chi connectivity index (χ3v) is 2.11. The molecule has 1 aromatic heterocycles. The summed E-state index contributed by atoms with van der Waals surface area (Å²) in [5.41, 5.74) is 1.91. The van der Waals surface area contributed by atoms with Gasteiger partial charge in [-0.2, -0.15) is 0 Å². The molecule has 50 valence electrons. The van der Waals surface area contributed by atoms with E-state index in [1.54, 1.807) is 12.4 Å². The van der Waals surface area contributed by atoms with Gasteiger partial charge in [-0.05, 0) is 28.4 Å². The number of rotatable bonds is 0. The molecule has 10 heavy (non-hydrogen) atoms. The SMILES string of the molecule is C#Cc1cncc(Br)c1C. The van der Waals surface area contributed by atoms with Crippen molar-refractivity contribution in [3.63, 3.8) is 0 Å². The zero-order chi connectivity index (χ0) is 7.56. The highest BCUT2D eigenvalue weighted by Gasteiger charge is 1.97. The molecule has 0 spiro atoms. The van der Waals surface area contributed by atoms with Gasteiger partial charge in [0.15, 0.2) is 0 Å². The van der Waals surface area contributed by atoms with Gasteiger partial charge in [-0.15, -0.1) is 6.42 Å². The maximum atomic E-state index is 5.21. The van der Waals surface area contributed by atoms with Crippen molar-refractivity contribution in [3.05, 3.63) is 28.0 Å². The van der Waals surface area contributed by atoms with Gasteiger partial charge in [0.05, 0.1) is 0 Å². The lowest BCUT2D eigenvalue weighted by molar-refractivity contribution is 1.24. The predicted molar refractivity (Wildman–Crippen MR) is 44.6 cm³/mol. The number of pyridine rings is 1. The summed E-state index contributed by atoms with van der Waals surface area (Å²) in [7, 11) is 0. The molecule has 0 aliphatic carbocycles. The molecular weight excluding hydrogens is 190 g/mol. The van der Waals surface area contributed by atoms with Crippen molar-refractivity contribution in [1.82, 2.24) is 4.98 Å². The van der Waals surface area contributed by atoms with Crippen LogP contribution in [-0.4, -0.2) is 4.98 Å². The van der Waals surface area contributed by atoms with E-state index in [4.69, 9.17) is 6.42 Å². The molecule has 0 fully saturated rings. The lowest BCUT2D eigenvalue weighted by Crippen LogP contribution is -1.84.